The Labute approximate surface area is 139 Å². The smallest absolute Gasteiger partial charge is 0.256 e. The summed E-state index contributed by atoms with van der Waals surface area (Å²) in [5.41, 5.74) is 2.80. The SMILES string of the molecule is CC1CCc2c(C(=O)Nc3ccc4c(c3)OCCO4)csc2C1. The highest BCUT2D eigenvalue weighted by molar-refractivity contribution is 7.10. The molecule has 1 aromatic carbocycles. The number of nitrogens with one attached hydrogen (secondary N) is 1. The maximum atomic E-state index is 12.6. The molecule has 23 heavy (non-hydrogen) atoms. The molecule has 0 fully saturated rings. The van der Waals surface area contributed by atoms with E-state index < -0.39 is 0 Å². The summed E-state index contributed by atoms with van der Waals surface area (Å²) in [7, 11) is 0. The van der Waals surface area contributed by atoms with E-state index in [2.05, 4.69) is 12.2 Å². The van der Waals surface area contributed by atoms with Gasteiger partial charge in [0, 0.05) is 22.0 Å². The van der Waals surface area contributed by atoms with Crippen molar-refractivity contribution in [3.05, 3.63) is 39.6 Å². The predicted octanol–water partition coefficient (Wildman–Crippen LogP) is 3.90. The van der Waals surface area contributed by atoms with Gasteiger partial charge >= 0.3 is 0 Å². The van der Waals surface area contributed by atoms with Crippen molar-refractivity contribution >= 4 is 22.9 Å². The molecular weight excluding hydrogens is 310 g/mol. The minimum Gasteiger partial charge on any atom is -0.486 e. The van der Waals surface area contributed by atoms with Crippen molar-refractivity contribution in [2.45, 2.75) is 26.2 Å². The first-order valence-electron chi connectivity index (χ1n) is 8.01. The van der Waals surface area contributed by atoms with Gasteiger partial charge in [-0.05, 0) is 42.9 Å². The van der Waals surface area contributed by atoms with Crippen LogP contribution >= 0.6 is 11.3 Å². The third-order valence-corrected chi connectivity index (χ3v) is 5.50. The van der Waals surface area contributed by atoms with Crippen LogP contribution in [0.2, 0.25) is 0 Å². The lowest BCUT2D eigenvalue weighted by atomic mass is 9.88. The molecule has 2 aliphatic rings. The van der Waals surface area contributed by atoms with Crippen LogP contribution < -0.4 is 14.8 Å². The lowest BCUT2D eigenvalue weighted by Crippen LogP contribution is -2.18. The Kier molecular flexibility index (Phi) is 3.73. The Hall–Kier alpha value is -2.01. The van der Waals surface area contributed by atoms with Crippen LogP contribution in [-0.4, -0.2) is 19.1 Å². The van der Waals surface area contributed by atoms with Crippen molar-refractivity contribution in [2.75, 3.05) is 18.5 Å². The summed E-state index contributed by atoms with van der Waals surface area (Å²) in [5.74, 6) is 2.11. The van der Waals surface area contributed by atoms with E-state index >= 15 is 0 Å². The van der Waals surface area contributed by atoms with Crippen LogP contribution in [0.4, 0.5) is 5.69 Å². The molecule has 0 bridgehead atoms. The molecule has 120 valence electrons. The van der Waals surface area contributed by atoms with Gasteiger partial charge in [-0.2, -0.15) is 0 Å². The molecule has 1 aliphatic heterocycles. The van der Waals surface area contributed by atoms with Gasteiger partial charge in [-0.3, -0.25) is 4.79 Å². The van der Waals surface area contributed by atoms with E-state index in [-0.39, 0.29) is 5.91 Å². The first-order chi connectivity index (χ1) is 11.2. The van der Waals surface area contributed by atoms with Crippen LogP contribution in [0, 0.1) is 5.92 Å². The number of hydrogen-bond acceptors (Lipinski definition) is 4. The van der Waals surface area contributed by atoms with Gasteiger partial charge in [-0.25, -0.2) is 0 Å². The largest absolute Gasteiger partial charge is 0.486 e. The van der Waals surface area contributed by atoms with Gasteiger partial charge in [-0.1, -0.05) is 6.92 Å². The Morgan fingerprint density at radius 3 is 2.96 bits per heavy atom. The molecular formula is C18H19NO3S. The van der Waals surface area contributed by atoms with Gasteiger partial charge in [-0.15, -0.1) is 11.3 Å². The Morgan fingerprint density at radius 2 is 2.09 bits per heavy atom. The third-order valence-electron chi connectivity index (χ3n) is 4.45. The number of amides is 1. The predicted molar refractivity (Wildman–Crippen MR) is 90.9 cm³/mol. The van der Waals surface area contributed by atoms with Crippen LogP contribution in [0.15, 0.2) is 23.6 Å². The summed E-state index contributed by atoms with van der Waals surface area (Å²) < 4.78 is 11.1. The van der Waals surface area contributed by atoms with Gasteiger partial charge in [0.15, 0.2) is 11.5 Å². The highest BCUT2D eigenvalue weighted by Crippen LogP contribution is 2.35. The Bertz CT molecular complexity index is 753. The lowest BCUT2D eigenvalue weighted by molar-refractivity contribution is 0.102. The number of anilines is 1. The van der Waals surface area contributed by atoms with Gasteiger partial charge < -0.3 is 14.8 Å². The average molecular weight is 329 g/mol. The second-order valence-corrected chi connectivity index (χ2v) is 7.18. The molecule has 4 nitrogen and oxygen atoms in total. The van der Waals surface area contributed by atoms with Crippen LogP contribution in [0.1, 0.15) is 34.1 Å². The van der Waals surface area contributed by atoms with Crippen molar-refractivity contribution in [3.8, 4) is 11.5 Å². The topological polar surface area (TPSA) is 47.6 Å². The molecule has 1 N–H and O–H groups in total. The highest BCUT2D eigenvalue weighted by atomic mass is 32.1. The van der Waals surface area contributed by atoms with Crippen molar-refractivity contribution < 1.29 is 14.3 Å². The molecule has 1 amide bonds. The quantitative estimate of drug-likeness (QED) is 0.909. The monoisotopic (exact) mass is 329 g/mol. The van der Waals surface area contributed by atoms with E-state index in [1.807, 2.05) is 23.6 Å². The number of carbonyl (C=O) groups excluding carboxylic acids is 1. The van der Waals surface area contributed by atoms with Gasteiger partial charge in [0.2, 0.25) is 0 Å². The molecule has 2 heterocycles. The first-order valence-corrected chi connectivity index (χ1v) is 8.89. The molecule has 1 unspecified atom stereocenters. The van der Waals surface area contributed by atoms with E-state index in [4.69, 9.17) is 9.47 Å². The molecule has 0 radical (unpaired) electrons. The zero-order valence-electron chi connectivity index (χ0n) is 13.1. The van der Waals surface area contributed by atoms with Gasteiger partial charge in [0.25, 0.3) is 5.91 Å². The molecule has 0 saturated carbocycles. The molecule has 1 aliphatic carbocycles. The average Bonchev–Trinajstić information content (AvgIpc) is 2.97. The van der Waals surface area contributed by atoms with Crippen molar-refractivity contribution in [1.29, 1.82) is 0 Å². The van der Waals surface area contributed by atoms with Crippen molar-refractivity contribution in [1.82, 2.24) is 0 Å². The van der Waals surface area contributed by atoms with Gasteiger partial charge in [0.1, 0.15) is 13.2 Å². The first kappa shape index (κ1) is 14.6. The maximum absolute atomic E-state index is 12.6. The zero-order valence-corrected chi connectivity index (χ0v) is 13.9. The number of fused-ring (bicyclic) bond motifs is 2. The highest BCUT2D eigenvalue weighted by Gasteiger charge is 2.23. The standard InChI is InChI=1S/C18H19NO3S/c1-11-2-4-13-14(10-23-17(13)8-11)18(20)19-12-3-5-15-16(9-12)22-7-6-21-15/h3,5,9-11H,2,4,6-8H2,1H3,(H,19,20). The second-order valence-electron chi connectivity index (χ2n) is 6.21. The maximum Gasteiger partial charge on any atom is 0.256 e. The summed E-state index contributed by atoms with van der Waals surface area (Å²) in [5, 5.41) is 4.98. The molecule has 2 aromatic rings. The second kappa shape index (κ2) is 5.89. The van der Waals surface area contributed by atoms with E-state index in [1.54, 1.807) is 11.3 Å². The third kappa shape index (κ3) is 2.81. The molecule has 0 spiro atoms. The van der Waals surface area contributed by atoms with E-state index in [1.165, 1.54) is 10.4 Å². The summed E-state index contributed by atoms with van der Waals surface area (Å²) in [6.07, 6.45) is 3.26. The summed E-state index contributed by atoms with van der Waals surface area (Å²) >= 11 is 1.71. The number of carbonyl (C=O) groups is 1. The summed E-state index contributed by atoms with van der Waals surface area (Å²) in [6, 6.07) is 5.52. The van der Waals surface area contributed by atoms with Gasteiger partial charge in [0.05, 0.1) is 5.56 Å². The molecule has 5 heteroatoms. The summed E-state index contributed by atoms with van der Waals surface area (Å²) in [4.78, 5) is 14.0. The van der Waals surface area contributed by atoms with Crippen LogP contribution in [0.3, 0.4) is 0 Å². The number of rotatable bonds is 2. The fourth-order valence-electron chi connectivity index (χ4n) is 3.19. The number of thiophene rings is 1. The minimum atomic E-state index is -0.0336. The fraction of sp³-hybridized carbons (Fsp3) is 0.389. The molecule has 4 rings (SSSR count). The van der Waals surface area contributed by atoms with Crippen LogP contribution in [-0.2, 0) is 12.8 Å². The molecule has 1 aromatic heterocycles. The summed E-state index contributed by atoms with van der Waals surface area (Å²) in [6.45, 7) is 3.39. The van der Waals surface area contributed by atoms with Crippen LogP contribution in [0.25, 0.3) is 0 Å². The molecule has 0 saturated heterocycles. The van der Waals surface area contributed by atoms with Crippen molar-refractivity contribution in [3.63, 3.8) is 0 Å². The van der Waals surface area contributed by atoms with E-state index in [0.29, 0.717) is 19.0 Å². The Balaban J connectivity index is 1.54. The lowest BCUT2D eigenvalue weighted by Gasteiger charge is -2.20. The number of hydrogen-bond donors (Lipinski definition) is 1. The Morgan fingerprint density at radius 1 is 1.26 bits per heavy atom. The van der Waals surface area contributed by atoms with Crippen LogP contribution in [0.5, 0.6) is 11.5 Å². The minimum absolute atomic E-state index is 0.0336. The molecule has 1 atom stereocenters. The fourth-order valence-corrected chi connectivity index (χ4v) is 4.43. The van der Waals surface area contributed by atoms with Crippen molar-refractivity contribution in [2.24, 2.45) is 5.92 Å². The number of benzene rings is 1. The zero-order chi connectivity index (χ0) is 15.8. The van der Waals surface area contributed by atoms with E-state index in [9.17, 15) is 4.79 Å². The number of ether oxygens (including phenoxy) is 2. The van der Waals surface area contributed by atoms with E-state index in [0.717, 1.165) is 42.2 Å². The normalized spacial score (nSPS) is 19.1.